The smallest absolute Gasteiger partial charge is 0.298 e. The van der Waals surface area contributed by atoms with Crippen molar-refractivity contribution >= 4 is 22.8 Å². The molecule has 6 heteroatoms. The highest BCUT2D eigenvalue weighted by Gasteiger charge is 2.20. The van der Waals surface area contributed by atoms with E-state index in [2.05, 4.69) is 44.8 Å². The van der Waals surface area contributed by atoms with E-state index >= 15 is 0 Å². The van der Waals surface area contributed by atoms with E-state index in [0.717, 1.165) is 67.5 Å². The van der Waals surface area contributed by atoms with Crippen molar-refractivity contribution in [1.82, 2.24) is 15.7 Å². The Balaban J connectivity index is 1.67. The van der Waals surface area contributed by atoms with Gasteiger partial charge in [-0.05, 0) is 18.6 Å². The molecular weight excluding hydrogens is 278 g/mol. The molecule has 116 valence electrons. The average Bonchev–Trinajstić information content (AvgIpc) is 2.99. The van der Waals surface area contributed by atoms with Crippen LogP contribution < -0.4 is 15.6 Å². The number of hydrogen-bond acceptors (Lipinski definition) is 6. The molecule has 2 aliphatic rings. The van der Waals surface area contributed by atoms with Crippen molar-refractivity contribution < 1.29 is 4.42 Å². The average molecular weight is 299 g/mol. The molecule has 1 unspecified atom stereocenters. The second-order valence-electron chi connectivity index (χ2n) is 6.01. The molecule has 0 spiro atoms. The van der Waals surface area contributed by atoms with Crippen LogP contribution in [0.25, 0.3) is 11.1 Å². The van der Waals surface area contributed by atoms with Gasteiger partial charge in [-0.1, -0.05) is 13.0 Å². The van der Waals surface area contributed by atoms with Crippen LogP contribution in [0.2, 0.25) is 0 Å². The van der Waals surface area contributed by atoms with Gasteiger partial charge >= 0.3 is 0 Å². The van der Waals surface area contributed by atoms with Gasteiger partial charge in [0.05, 0.1) is 5.71 Å². The number of benzene rings is 1. The van der Waals surface area contributed by atoms with Crippen molar-refractivity contribution in [1.29, 1.82) is 0 Å². The van der Waals surface area contributed by atoms with E-state index in [1.807, 2.05) is 6.07 Å². The van der Waals surface area contributed by atoms with E-state index in [4.69, 9.17) is 4.42 Å². The summed E-state index contributed by atoms with van der Waals surface area (Å²) < 4.78 is 5.99. The summed E-state index contributed by atoms with van der Waals surface area (Å²) in [5.41, 5.74) is 7.07. The first kappa shape index (κ1) is 13.6. The molecule has 6 nitrogen and oxygen atoms in total. The fourth-order valence-electron chi connectivity index (χ4n) is 3.08. The molecule has 1 atom stereocenters. The summed E-state index contributed by atoms with van der Waals surface area (Å²) in [6.07, 6.45) is 1.11. The maximum absolute atomic E-state index is 5.99. The number of aromatic nitrogens is 1. The first-order valence-electron chi connectivity index (χ1n) is 7.98. The predicted molar refractivity (Wildman–Crippen MR) is 87.4 cm³/mol. The Labute approximate surface area is 129 Å². The minimum absolute atomic E-state index is 0.467. The highest BCUT2D eigenvalue weighted by atomic mass is 16.4. The molecule has 2 N–H and O–H groups in total. The summed E-state index contributed by atoms with van der Waals surface area (Å²) in [7, 11) is 0. The topological polar surface area (TPSA) is 65.7 Å². The molecule has 1 fully saturated rings. The molecule has 0 saturated carbocycles. The van der Waals surface area contributed by atoms with Crippen LogP contribution in [0.5, 0.6) is 0 Å². The Hall–Kier alpha value is -2.08. The summed E-state index contributed by atoms with van der Waals surface area (Å²) in [6, 6.07) is 6.92. The Morgan fingerprint density at radius 3 is 2.91 bits per heavy atom. The molecule has 0 bridgehead atoms. The van der Waals surface area contributed by atoms with Crippen LogP contribution in [0, 0.1) is 5.92 Å². The highest BCUT2D eigenvalue weighted by Crippen LogP contribution is 2.25. The Bertz CT molecular complexity index is 702. The summed E-state index contributed by atoms with van der Waals surface area (Å²) in [5.74, 6) is 0.467. The lowest BCUT2D eigenvalue weighted by Gasteiger charge is -2.25. The normalized spacial score (nSPS) is 22.5. The molecule has 0 aliphatic carbocycles. The van der Waals surface area contributed by atoms with E-state index in [0.29, 0.717) is 5.92 Å². The second-order valence-corrected chi connectivity index (χ2v) is 6.01. The second kappa shape index (κ2) is 5.61. The Morgan fingerprint density at radius 1 is 1.23 bits per heavy atom. The van der Waals surface area contributed by atoms with Crippen molar-refractivity contribution in [3.05, 3.63) is 23.8 Å². The number of fused-ring (bicyclic) bond motifs is 1. The first-order chi connectivity index (χ1) is 10.8. The summed E-state index contributed by atoms with van der Waals surface area (Å²) >= 11 is 0. The van der Waals surface area contributed by atoms with Gasteiger partial charge in [-0.15, -0.1) is 0 Å². The Morgan fingerprint density at radius 2 is 2.09 bits per heavy atom. The van der Waals surface area contributed by atoms with Crippen LogP contribution in [0.15, 0.2) is 27.7 Å². The van der Waals surface area contributed by atoms with Gasteiger partial charge in [0.1, 0.15) is 5.52 Å². The van der Waals surface area contributed by atoms with Crippen LogP contribution in [0.1, 0.15) is 18.9 Å². The molecule has 4 rings (SSSR count). The molecule has 2 aliphatic heterocycles. The Kier molecular flexibility index (Phi) is 3.46. The molecule has 1 saturated heterocycles. The third-order valence-corrected chi connectivity index (χ3v) is 4.42. The zero-order valence-electron chi connectivity index (χ0n) is 12.8. The van der Waals surface area contributed by atoms with Gasteiger partial charge in [-0.3, -0.25) is 0 Å². The maximum atomic E-state index is 5.99. The molecule has 0 amide bonds. The summed E-state index contributed by atoms with van der Waals surface area (Å²) in [6.45, 7) is 6.99. The van der Waals surface area contributed by atoms with Gasteiger partial charge in [-0.2, -0.15) is 10.1 Å². The molecule has 1 aromatic carbocycles. The number of nitrogens with one attached hydrogen (secondary N) is 2. The lowest BCUT2D eigenvalue weighted by atomic mass is 9.94. The van der Waals surface area contributed by atoms with Gasteiger partial charge in [0.25, 0.3) is 6.01 Å². The predicted octanol–water partition coefficient (Wildman–Crippen LogP) is 1.57. The van der Waals surface area contributed by atoms with Gasteiger partial charge in [0, 0.05) is 44.2 Å². The number of oxazole rings is 1. The fraction of sp³-hybridized carbons (Fsp3) is 0.500. The van der Waals surface area contributed by atoms with Crippen molar-refractivity contribution in [3.8, 4) is 0 Å². The monoisotopic (exact) mass is 299 g/mol. The standard InChI is InChI=1S/C16H21N5O/c1-11-4-5-18-20-15(11)12-2-3-13-14(10-12)22-16(19-13)21-8-6-17-7-9-21/h2-3,10-11,17-18H,4-9H2,1H3. The quantitative estimate of drug-likeness (QED) is 0.881. The van der Waals surface area contributed by atoms with E-state index in [9.17, 15) is 0 Å². The SMILES string of the molecule is CC1CCNN=C1c1ccc2nc(N3CCNCC3)oc2c1. The van der Waals surface area contributed by atoms with Crippen LogP contribution in [-0.4, -0.2) is 43.4 Å². The van der Waals surface area contributed by atoms with E-state index < -0.39 is 0 Å². The molecule has 3 heterocycles. The van der Waals surface area contributed by atoms with E-state index in [1.165, 1.54) is 0 Å². The number of piperazine rings is 1. The molecular formula is C16H21N5O. The first-order valence-corrected chi connectivity index (χ1v) is 7.98. The molecule has 1 aromatic heterocycles. The van der Waals surface area contributed by atoms with Crippen molar-refractivity contribution in [2.45, 2.75) is 13.3 Å². The van der Waals surface area contributed by atoms with Crippen molar-refractivity contribution in [2.24, 2.45) is 11.0 Å². The van der Waals surface area contributed by atoms with Crippen LogP contribution in [0.4, 0.5) is 6.01 Å². The van der Waals surface area contributed by atoms with Gasteiger partial charge < -0.3 is 20.1 Å². The minimum atomic E-state index is 0.467. The lowest BCUT2D eigenvalue weighted by molar-refractivity contribution is 0.517. The van der Waals surface area contributed by atoms with Gasteiger partial charge in [0.2, 0.25) is 0 Å². The number of nitrogens with zero attached hydrogens (tertiary/aromatic N) is 3. The van der Waals surface area contributed by atoms with E-state index in [-0.39, 0.29) is 0 Å². The van der Waals surface area contributed by atoms with Crippen LogP contribution >= 0.6 is 0 Å². The largest absolute Gasteiger partial charge is 0.423 e. The zero-order chi connectivity index (χ0) is 14.9. The van der Waals surface area contributed by atoms with Crippen LogP contribution in [-0.2, 0) is 0 Å². The fourth-order valence-corrected chi connectivity index (χ4v) is 3.08. The number of rotatable bonds is 2. The van der Waals surface area contributed by atoms with E-state index in [1.54, 1.807) is 0 Å². The van der Waals surface area contributed by atoms with Crippen LogP contribution in [0.3, 0.4) is 0 Å². The zero-order valence-corrected chi connectivity index (χ0v) is 12.8. The van der Waals surface area contributed by atoms with Crippen molar-refractivity contribution in [2.75, 3.05) is 37.6 Å². The van der Waals surface area contributed by atoms with Gasteiger partial charge in [0.15, 0.2) is 5.58 Å². The minimum Gasteiger partial charge on any atom is -0.423 e. The third-order valence-electron chi connectivity index (χ3n) is 4.42. The third kappa shape index (κ3) is 2.43. The summed E-state index contributed by atoms with van der Waals surface area (Å²) in [5, 5.41) is 7.81. The molecule has 0 radical (unpaired) electrons. The maximum Gasteiger partial charge on any atom is 0.298 e. The molecule has 2 aromatic rings. The number of anilines is 1. The number of hydrogen-bond donors (Lipinski definition) is 2. The molecule has 22 heavy (non-hydrogen) atoms. The number of hydrazone groups is 1. The van der Waals surface area contributed by atoms with Gasteiger partial charge in [-0.25, -0.2) is 0 Å². The highest BCUT2D eigenvalue weighted by molar-refractivity contribution is 6.04. The summed E-state index contributed by atoms with van der Waals surface area (Å²) in [4.78, 5) is 6.81. The lowest BCUT2D eigenvalue weighted by Crippen LogP contribution is -2.43. The van der Waals surface area contributed by atoms with Crippen molar-refractivity contribution in [3.63, 3.8) is 0 Å².